The molecule has 0 spiro atoms. The number of nitrogens with zero attached hydrogens (tertiary/aromatic N) is 1. The number of sulfonamides is 1. The molecule has 1 amide bonds. The zero-order valence-electron chi connectivity index (χ0n) is 13.8. The highest BCUT2D eigenvalue weighted by Gasteiger charge is 2.25. The fourth-order valence-electron chi connectivity index (χ4n) is 3.04. The molecule has 0 aliphatic carbocycles. The molecule has 0 atom stereocenters. The van der Waals surface area contributed by atoms with Gasteiger partial charge in [0.25, 0.3) is 15.9 Å². The van der Waals surface area contributed by atoms with Gasteiger partial charge in [0.15, 0.2) is 0 Å². The maximum Gasteiger partial charge on any atom is 0.271 e. The summed E-state index contributed by atoms with van der Waals surface area (Å²) in [6.45, 7) is 0.628. The van der Waals surface area contributed by atoms with Crippen molar-refractivity contribution in [1.29, 1.82) is 0 Å². The first-order chi connectivity index (χ1) is 12.5. The van der Waals surface area contributed by atoms with Crippen LogP contribution in [0.2, 0.25) is 0 Å². The molecule has 3 aromatic rings. The number of anilines is 2. The molecular formula is C19H16N2O3S2. The number of hydrogen-bond acceptors (Lipinski definition) is 4. The Morgan fingerprint density at radius 1 is 1.04 bits per heavy atom. The Bertz CT molecular complexity index is 1060. The van der Waals surface area contributed by atoms with Crippen LogP contribution in [0.3, 0.4) is 0 Å². The summed E-state index contributed by atoms with van der Waals surface area (Å²) in [5.41, 5.74) is 2.89. The Labute approximate surface area is 156 Å². The Hall–Kier alpha value is -2.64. The third-order valence-corrected chi connectivity index (χ3v) is 7.03. The average molecular weight is 384 g/mol. The Morgan fingerprint density at radius 2 is 1.88 bits per heavy atom. The van der Waals surface area contributed by atoms with E-state index in [0.29, 0.717) is 17.8 Å². The van der Waals surface area contributed by atoms with E-state index in [0.717, 1.165) is 29.0 Å². The van der Waals surface area contributed by atoms with Crippen molar-refractivity contribution in [3.05, 3.63) is 77.2 Å². The summed E-state index contributed by atoms with van der Waals surface area (Å²) >= 11 is 1.15. The molecule has 5 nitrogen and oxygen atoms in total. The summed E-state index contributed by atoms with van der Waals surface area (Å²) in [6, 6.07) is 17.7. The first-order valence-corrected chi connectivity index (χ1v) is 10.5. The normalized spacial score (nSPS) is 13.5. The molecule has 0 saturated carbocycles. The zero-order chi connectivity index (χ0) is 18.1. The molecular weight excluding hydrogens is 368 g/mol. The molecule has 26 heavy (non-hydrogen) atoms. The minimum absolute atomic E-state index is 0.132. The smallest absolute Gasteiger partial charge is 0.271 e. The van der Waals surface area contributed by atoms with Crippen LogP contribution in [-0.4, -0.2) is 20.9 Å². The van der Waals surface area contributed by atoms with Gasteiger partial charge in [-0.2, -0.15) is 0 Å². The van der Waals surface area contributed by atoms with E-state index in [1.54, 1.807) is 46.7 Å². The topological polar surface area (TPSA) is 66.5 Å². The van der Waals surface area contributed by atoms with Gasteiger partial charge in [0.1, 0.15) is 4.21 Å². The van der Waals surface area contributed by atoms with Gasteiger partial charge in [-0.15, -0.1) is 11.3 Å². The largest absolute Gasteiger partial charge is 0.308 e. The van der Waals surface area contributed by atoms with E-state index >= 15 is 0 Å². The molecule has 0 unspecified atom stereocenters. The van der Waals surface area contributed by atoms with E-state index < -0.39 is 10.0 Å². The summed E-state index contributed by atoms with van der Waals surface area (Å²) in [5.74, 6) is -0.132. The second-order valence-corrected chi connectivity index (χ2v) is 8.81. The number of carbonyl (C=O) groups is 1. The van der Waals surface area contributed by atoms with Gasteiger partial charge in [-0.3, -0.25) is 9.52 Å². The second-order valence-electron chi connectivity index (χ2n) is 5.95. The van der Waals surface area contributed by atoms with Crippen LogP contribution in [0.4, 0.5) is 11.4 Å². The summed E-state index contributed by atoms with van der Waals surface area (Å²) < 4.78 is 27.5. The van der Waals surface area contributed by atoms with Crippen molar-refractivity contribution >= 4 is 38.6 Å². The van der Waals surface area contributed by atoms with Crippen LogP contribution in [-0.2, 0) is 16.4 Å². The highest BCUT2D eigenvalue weighted by molar-refractivity contribution is 7.94. The molecule has 1 aliphatic heterocycles. The molecule has 2 heterocycles. The summed E-state index contributed by atoms with van der Waals surface area (Å²) in [6.07, 6.45) is 0.826. The van der Waals surface area contributed by atoms with Gasteiger partial charge < -0.3 is 4.90 Å². The van der Waals surface area contributed by atoms with Gasteiger partial charge in [0.05, 0.1) is 0 Å². The lowest BCUT2D eigenvalue weighted by molar-refractivity contribution is 0.0989. The first kappa shape index (κ1) is 16.8. The van der Waals surface area contributed by atoms with Crippen molar-refractivity contribution in [2.45, 2.75) is 10.6 Å². The zero-order valence-corrected chi connectivity index (χ0v) is 15.4. The van der Waals surface area contributed by atoms with E-state index in [1.165, 1.54) is 0 Å². The third kappa shape index (κ3) is 3.11. The molecule has 0 fully saturated rings. The Morgan fingerprint density at radius 3 is 2.69 bits per heavy atom. The maximum atomic E-state index is 12.9. The van der Waals surface area contributed by atoms with E-state index in [4.69, 9.17) is 0 Å². The van der Waals surface area contributed by atoms with Gasteiger partial charge in [0.2, 0.25) is 0 Å². The number of rotatable bonds is 4. The van der Waals surface area contributed by atoms with Crippen molar-refractivity contribution in [2.24, 2.45) is 0 Å². The molecule has 7 heteroatoms. The predicted octanol–water partition coefficient (Wildman–Crippen LogP) is 3.75. The van der Waals surface area contributed by atoms with Crippen molar-refractivity contribution in [1.82, 2.24) is 0 Å². The van der Waals surface area contributed by atoms with Crippen LogP contribution < -0.4 is 9.62 Å². The van der Waals surface area contributed by atoms with Crippen LogP contribution >= 0.6 is 11.3 Å². The Kier molecular flexibility index (Phi) is 4.26. The van der Waals surface area contributed by atoms with Crippen LogP contribution in [0.25, 0.3) is 0 Å². The SMILES string of the molecule is O=C(c1cccc(NS(=O)(=O)c2cccs2)c1)N1CCc2ccccc21. The fourth-order valence-corrected chi connectivity index (χ4v) is 5.08. The molecule has 0 bridgehead atoms. The standard InChI is InChI=1S/C19H16N2O3S2/c22-19(21-11-10-14-5-1-2-8-17(14)21)15-6-3-7-16(13-15)20-26(23,24)18-9-4-12-25-18/h1-9,12-13,20H,10-11H2. The number of benzene rings is 2. The average Bonchev–Trinajstić information content (AvgIpc) is 3.31. The highest BCUT2D eigenvalue weighted by atomic mass is 32.2. The van der Waals surface area contributed by atoms with Crippen LogP contribution in [0.5, 0.6) is 0 Å². The molecule has 4 rings (SSSR count). The highest BCUT2D eigenvalue weighted by Crippen LogP contribution is 2.29. The van der Waals surface area contributed by atoms with Crippen LogP contribution in [0.15, 0.2) is 70.3 Å². The van der Waals surface area contributed by atoms with Gasteiger partial charge >= 0.3 is 0 Å². The molecule has 132 valence electrons. The van der Waals surface area contributed by atoms with Gasteiger partial charge in [-0.1, -0.05) is 30.3 Å². The monoisotopic (exact) mass is 384 g/mol. The summed E-state index contributed by atoms with van der Waals surface area (Å²) in [5, 5.41) is 1.71. The lowest BCUT2D eigenvalue weighted by Gasteiger charge is -2.18. The van der Waals surface area contributed by atoms with Gasteiger partial charge in [-0.25, -0.2) is 8.42 Å². The van der Waals surface area contributed by atoms with Gasteiger partial charge in [0, 0.05) is 23.5 Å². The second kappa shape index (κ2) is 6.59. The number of amides is 1. The molecule has 2 aromatic carbocycles. The van der Waals surface area contributed by atoms with E-state index in [1.807, 2.05) is 24.3 Å². The summed E-state index contributed by atoms with van der Waals surface area (Å²) in [4.78, 5) is 14.6. The van der Waals surface area contributed by atoms with Crippen molar-refractivity contribution in [3.8, 4) is 0 Å². The number of fused-ring (bicyclic) bond motifs is 1. The molecule has 0 saturated heterocycles. The molecule has 1 N–H and O–H groups in total. The minimum atomic E-state index is -3.64. The van der Waals surface area contributed by atoms with Crippen LogP contribution in [0.1, 0.15) is 15.9 Å². The lowest BCUT2D eigenvalue weighted by Crippen LogP contribution is -2.28. The maximum absolute atomic E-state index is 12.9. The number of para-hydroxylation sites is 1. The fraction of sp³-hybridized carbons (Fsp3) is 0.105. The van der Waals surface area contributed by atoms with Crippen LogP contribution in [0, 0.1) is 0 Å². The first-order valence-electron chi connectivity index (χ1n) is 8.11. The van der Waals surface area contributed by atoms with Crippen molar-refractivity contribution in [2.75, 3.05) is 16.2 Å². The number of nitrogens with one attached hydrogen (secondary N) is 1. The molecule has 0 radical (unpaired) electrons. The van der Waals surface area contributed by atoms with Crippen molar-refractivity contribution in [3.63, 3.8) is 0 Å². The van der Waals surface area contributed by atoms with E-state index in [-0.39, 0.29) is 10.1 Å². The number of thiophene rings is 1. The number of carbonyl (C=O) groups excluding carboxylic acids is 1. The third-order valence-electron chi connectivity index (χ3n) is 4.25. The lowest BCUT2D eigenvalue weighted by atomic mass is 10.1. The van der Waals surface area contributed by atoms with E-state index in [9.17, 15) is 13.2 Å². The predicted molar refractivity (Wildman–Crippen MR) is 103 cm³/mol. The molecule has 1 aliphatic rings. The Balaban J connectivity index is 1.60. The van der Waals surface area contributed by atoms with Gasteiger partial charge in [-0.05, 0) is 47.7 Å². The van der Waals surface area contributed by atoms with E-state index in [2.05, 4.69) is 4.72 Å². The minimum Gasteiger partial charge on any atom is -0.308 e. The number of hydrogen-bond donors (Lipinski definition) is 1. The quantitative estimate of drug-likeness (QED) is 0.745. The summed E-state index contributed by atoms with van der Waals surface area (Å²) in [7, 11) is -3.64. The molecule has 1 aromatic heterocycles. The van der Waals surface area contributed by atoms with Crippen molar-refractivity contribution < 1.29 is 13.2 Å².